The Morgan fingerprint density at radius 3 is 2.86 bits per heavy atom. The van der Waals surface area contributed by atoms with Gasteiger partial charge in [0.25, 0.3) is 0 Å². The van der Waals surface area contributed by atoms with Gasteiger partial charge in [-0.3, -0.25) is 0 Å². The van der Waals surface area contributed by atoms with Crippen LogP contribution < -0.4 is 20.1 Å². The largest absolute Gasteiger partial charge is 0.454 e. The van der Waals surface area contributed by atoms with Crippen molar-refractivity contribution in [2.75, 3.05) is 19.9 Å². The average Bonchev–Trinajstić information content (AvgIpc) is 2.85. The van der Waals surface area contributed by atoms with Crippen LogP contribution in [-0.2, 0) is 11.3 Å². The summed E-state index contributed by atoms with van der Waals surface area (Å²) in [4.78, 5) is 11.4. The van der Waals surface area contributed by atoms with Gasteiger partial charge in [0.1, 0.15) is 5.60 Å². The summed E-state index contributed by atoms with van der Waals surface area (Å²) in [6.45, 7) is 7.58. The van der Waals surface area contributed by atoms with Crippen molar-refractivity contribution < 1.29 is 19.0 Å². The molecule has 0 aliphatic carbocycles. The molecule has 116 valence electrons. The van der Waals surface area contributed by atoms with Crippen molar-refractivity contribution in [3.63, 3.8) is 0 Å². The highest BCUT2D eigenvalue weighted by molar-refractivity contribution is 5.67. The molecular formula is C15H22N2O4. The number of alkyl carbamates (subject to hydrolysis) is 1. The number of ether oxygens (including phenoxy) is 3. The van der Waals surface area contributed by atoms with E-state index >= 15 is 0 Å². The number of amides is 1. The first-order chi connectivity index (χ1) is 9.96. The average molecular weight is 294 g/mol. The highest BCUT2D eigenvalue weighted by Gasteiger charge is 2.17. The quantitative estimate of drug-likeness (QED) is 0.813. The van der Waals surface area contributed by atoms with Crippen LogP contribution in [0.4, 0.5) is 4.79 Å². The lowest BCUT2D eigenvalue weighted by atomic mass is 10.2. The molecule has 0 saturated carbocycles. The van der Waals surface area contributed by atoms with Gasteiger partial charge in [-0.1, -0.05) is 12.1 Å². The SMILES string of the molecule is CC(C)(C)OC(=O)NCCNCc1cccc2c1OCO2. The highest BCUT2D eigenvalue weighted by atomic mass is 16.7. The maximum Gasteiger partial charge on any atom is 0.407 e. The Hall–Kier alpha value is -1.95. The van der Waals surface area contributed by atoms with Crippen molar-refractivity contribution in [3.8, 4) is 11.5 Å². The smallest absolute Gasteiger partial charge is 0.407 e. The fourth-order valence-electron chi connectivity index (χ4n) is 1.92. The zero-order valence-electron chi connectivity index (χ0n) is 12.7. The second kappa shape index (κ2) is 6.67. The van der Waals surface area contributed by atoms with Gasteiger partial charge in [0.2, 0.25) is 6.79 Å². The molecule has 1 aliphatic rings. The van der Waals surface area contributed by atoms with E-state index in [1.54, 1.807) is 0 Å². The molecule has 0 radical (unpaired) electrons. The van der Waals surface area contributed by atoms with E-state index in [0.29, 0.717) is 19.6 Å². The summed E-state index contributed by atoms with van der Waals surface area (Å²) in [7, 11) is 0. The summed E-state index contributed by atoms with van der Waals surface area (Å²) in [6.07, 6.45) is -0.401. The lowest BCUT2D eigenvalue weighted by Gasteiger charge is -2.19. The van der Waals surface area contributed by atoms with Crippen LogP contribution in [0.2, 0.25) is 0 Å². The summed E-state index contributed by atoms with van der Waals surface area (Å²) in [5.41, 5.74) is 0.571. The summed E-state index contributed by atoms with van der Waals surface area (Å²) in [6, 6.07) is 5.81. The molecule has 2 N–H and O–H groups in total. The zero-order valence-corrected chi connectivity index (χ0v) is 12.7. The van der Waals surface area contributed by atoms with Gasteiger partial charge in [0.05, 0.1) is 0 Å². The van der Waals surface area contributed by atoms with Gasteiger partial charge in [-0.25, -0.2) is 4.79 Å². The van der Waals surface area contributed by atoms with E-state index < -0.39 is 11.7 Å². The first kappa shape index (κ1) is 15.4. The number of para-hydroxylation sites is 1. The fourth-order valence-corrected chi connectivity index (χ4v) is 1.92. The molecule has 2 rings (SSSR count). The van der Waals surface area contributed by atoms with E-state index in [4.69, 9.17) is 14.2 Å². The summed E-state index contributed by atoms with van der Waals surface area (Å²) in [5, 5.41) is 5.94. The molecule has 1 aromatic rings. The lowest BCUT2D eigenvalue weighted by Crippen LogP contribution is -2.36. The van der Waals surface area contributed by atoms with E-state index in [2.05, 4.69) is 10.6 Å². The number of carbonyl (C=O) groups is 1. The number of fused-ring (bicyclic) bond motifs is 1. The third-order valence-corrected chi connectivity index (χ3v) is 2.76. The molecule has 0 atom stereocenters. The number of hydrogen-bond donors (Lipinski definition) is 2. The number of rotatable bonds is 5. The maximum absolute atomic E-state index is 11.4. The van der Waals surface area contributed by atoms with Crippen LogP contribution in [0.5, 0.6) is 11.5 Å². The number of hydrogen-bond acceptors (Lipinski definition) is 5. The molecule has 1 aliphatic heterocycles. The Morgan fingerprint density at radius 1 is 1.29 bits per heavy atom. The zero-order chi connectivity index (χ0) is 15.3. The first-order valence-electron chi connectivity index (χ1n) is 7.01. The van der Waals surface area contributed by atoms with Crippen molar-refractivity contribution in [1.29, 1.82) is 0 Å². The third-order valence-electron chi connectivity index (χ3n) is 2.76. The normalized spacial score (nSPS) is 13.1. The molecule has 0 bridgehead atoms. The standard InChI is InChI=1S/C15H22N2O4/c1-15(2,3)21-14(18)17-8-7-16-9-11-5-4-6-12-13(11)20-10-19-12/h4-6,16H,7-10H2,1-3H3,(H,17,18). The van der Waals surface area contributed by atoms with E-state index in [1.165, 1.54) is 0 Å². The maximum atomic E-state index is 11.4. The van der Waals surface area contributed by atoms with Crippen LogP contribution in [0.25, 0.3) is 0 Å². The van der Waals surface area contributed by atoms with Crippen molar-refractivity contribution in [1.82, 2.24) is 10.6 Å². The molecule has 0 saturated heterocycles. The van der Waals surface area contributed by atoms with Crippen LogP contribution in [0.3, 0.4) is 0 Å². The molecule has 0 aromatic heterocycles. The first-order valence-corrected chi connectivity index (χ1v) is 7.01. The molecule has 21 heavy (non-hydrogen) atoms. The van der Waals surface area contributed by atoms with Gasteiger partial charge >= 0.3 is 6.09 Å². The van der Waals surface area contributed by atoms with Gasteiger partial charge in [-0.15, -0.1) is 0 Å². The highest BCUT2D eigenvalue weighted by Crippen LogP contribution is 2.35. The van der Waals surface area contributed by atoms with Gasteiger partial charge in [0, 0.05) is 25.2 Å². The van der Waals surface area contributed by atoms with Gasteiger partial charge in [-0.2, -0.15) is 0 Å². The van der Waals surface area contributed by atoms with Gasteiger partial charge in [-0.05, 0) is 26.8 Å². The van der Waals surface area contributed by atoms with Crippen molar-refractivity contribution in [3.05, 3.63) is 23.8 Å². The summed E-state index contributed by atoms with van der Waals surface area (Å²) in [5.74, 6) is 1.58. The number of carbonyl (C=O) groups excluding carboxylic acids is 1. The van der Waals surface area contributed by atoms with E-state index in [-0.39, 0.29) is 6.79 Å². The second-order valence-electron chi connectivity index (χ2n) is 5.76. The molecule has 1 amide bonds. The second-order valence-corrected chi connectivity index (χ2v) is 5.76. The Kier molecular flexibility index (Phi) is 4.90. The van der Waals surface area contributed by atoms with E-state index in [9.17, 15) is 4.79 Å². The molecule has 0 spiro atoms. The molecule has 6 heteroatoms. The predicted octanol–water partition coefficient (Wildman–Crippen LogP) is 2.03. The fraction of sp³-hybridized carbons (Fsp3) is 0.533. The monoisotopic (exact) mass is 294 g/mol. The van der Waals surface area contributed by atoms with Gasteiger partial charge < -0.3 is 24.8 Å². The van der Waals surface area contributed by atoms with Crippen LogP contribution >= 0.6 is 0 Å². The molecular weight excluding hydrogens is 272 g/mol. The number of nitrogens with one attached hydrogen (secondary N) is 2. The van der Waals surface area contributed by atoms with Gasteiger partial charge in [0.15, 0.2) is 11.5 Å². The Morgan fingerprint density at radius 2 is 2.10 bits per heavy atom. The minimum absolute atomic E-state index is 0.270. The Balaban J connectivity index is 1.67. The third kappa shape index (κ3) is 4.82. The minimum Gasteiger partial charge on any atom is -0.454 e. The molecule has 6 nitrogen and oxygen atoms in total. The van der Waals surface area contributed by atoms with Crippen LogP contribution in [0, 0.1) is 0 Å². The topological polar surface area (TPSA) is 68.8 Å². The predicted molar refractivity (Wildman–Crippen MR) is 78.5 cm³/mol. The molecule has 1 aromatic carbocycles. The van der Waals surface area contributed by atoms with Crippen molar-refractivity contribution in [2.45, 2.75) is 32.9 Å². The Labute approximate surface area is 124 Å². The minimum atomic E-state index is -0.473. The molecule has 0 unspecified atom stereocenters. The van der Waals surface area contributed by atoms with Crippen LogP contribution in [0.1, 0.15) is 26.3 Å². The lowest BCUT2D eigenvalue weighted by molar-refractivity contribution is 0.0528. The van der Waals surface area contributed by atoms with E-state index in [0.717, 1.165) is 17.1 Å². The van der Waals surface area contributed by atoms with Crippen LogP contribution in [-0.4, -0.2) is 31.6 Å². The van der Waals surface area contributed by atoms with Crippen molar-refractivity contribution >= 4 is 6.09 Å². The summed E-state index contributed by atoms with van der Waals surface area (Å²) < 4.78 is 15.9. The molecule has 1 heterocycles. The van der Waals surface area contributed by atoms with E-state index in [1.807, 2.05) is 39.0 Å². The van der Waals surface area contributed by atoms with Crippen molar-refractivity contribution in [2.24, 2.45) is 0 Å². The Bertz CT molecular complexity index is 497. The summed E-state index contributed by atoms with van der Waals surface area (Å²) >= 11 is 0. The number of benzene rings is 1. The molecule has 0 fully saturated rings. The van der Waals surface area contributed by atoms with Crippen LogP contribution in [0.15, 0.2) is 18.2 Å².